The molecule has 0 aliphatic carbocycles. The van der Waals surface area contributed by atoms with Crippen LogP contribution in [0, 0.1) is 0 Å². The quantitative estimate of drug-likeness (QED) is 0.356. The highest BCUT2D eigenvalue weighted by Crippen LogP contribution is 2.28. The van der Waals surface area contributed by atoms with Gasteiger partial charge in [0.2, 0.25) is 7.98 Å². The van der Waals surface area contributed by atoms with Crippen LogP contribution in [0.25, 0.3) is 21.9 Å². The van der Waals surface area contributed by atoms with Gasteiger partial charge in [-0.25, -0.2) is 0 Å². The van der Waals surface area contributed by atoms with Gasteiger partial charge in [-0.2, -0.15) is 13.5 Å². The molecule has 3 heteroatoms. The van der Waals surface area contributed by atoms with E-state index >= 15 is 0 Å². The lowest BCUT2D eigenvalue weighted by Gasteiger charge is -2.20. The molecule has 0 bridgehead atoms. The van der Waals surface area contributed by atoms with Gasteiger partial charge in [0.25, 0.3) is 0 Å². The molecule has 0 aromatic heterocycles. The van der Waals surface area contributed by atoms with Gasteiger partial charge in [-0.3, -0.25) is 0 Å². The third-order valence-corrected chi connectivity index (χ3v) is 4.26. The van der Waals surface area contributed by atoms with Crippen molar-refractivity contribution in [1.29, 1.82) is 0 Å². The van der Waals surface area contributed by atoms with Crippen LogP contribution in [0.15, 0.2) is 97.1 Å². The van der Waals surface area contributed by atoms with E-state index in [-0.39, 0.29) is 13.5 Å². The summed E-state index contributed by atoms with van der Waals surface area (Å²) in [6.07, 6.45) is 0. The molecule has 0 atom stereocenters. The van der Waals surface area contributed by atoms with Crippen molar-refractivity contribution in [3.63, 3.8) is 0 Å². The second-order valence-corrected chi connectivity index (χ2v) is 5.81. The molecule has 0 spiro atoms. The van der Waals surface area contributed by atoms with E-state index in [2.05, 4.69) is 66.7 Å². The fourth-order valence-corrected chi connectivity index (χ4v) is 2.92. The summed E-state index contributed by atoms with van der Waals surface area (Å²) in [5.74, 6) is 0. The summed E-state index contributed by atoms with van der Waals surface area (Å²) in [5, 5.41) is 2.51. The van der Waals surface area contributed by atoms with Crippen LogP contribution >= 0.6 is 13.5 Å². The SMILES string of the molecule is CC.S.[B]N(c1ccccc1)c1ccc(-c2ccc3ccccc3c2)cc1. The van der Waals surface area contributed by atoms with Gasteiger partial charge in [-0.05, 0) is 52.2 Å². The van der Waals surface area contributed by atoms with Crippen LogP contribution in [0.4, 0.5) is 11.4 Å². The van der Waals surface area contributed by atoms with Crippen molar-refractivity contribution < 1.29 is 0 Å². The number of para-hydroxylation sites is 1. The first kappa shape index (κ1) is 20.7. The molecular weight excluding hydrogens is 345 g/mol. The zero-order chi connectivity index (χ0) is 18.4. The maximum Gasteiger partial charge on any atom is 0.234 e. The molecule has 0 unspecified atom stereocenters. The summed E-state index contributed by atoms with van der Waals surface area (Å²) in [7, 11) is 6.21. The molecule has 0 saturated heterocycles. The zero-order valence-corrected chi connectivity index (χ0v) is 16.8. The standard InChI is InChI=1S/C22H16BN.C2H6.H2S/c23-24(21-8-2-1-3-9-21)22-14-12-18(13-15-22)20-11-10-17-6-4-5-7-19(17)16-20;1-2;/h1-16H;1-2H3;1H2. The lowest BCUT2D eigenvalue weighted by atomic mass is 10.0. The molecule has 2 radical (unpaired) electrons. The van der Waals surface area contributed by atoms with Crippen molar-refractivity contribution in [2.45, 2.75) is 13.8 Å². The van der Waals surface area contributed by atoms with Crippen molar-refractivity contribution in [2.75, 3.05) is 4.81 Å². The largest absolute Gasteiger partial charge is 0.398 e. The minimum atomic E-state index is 0. The molecular formula is C24H24BNS. The second-order valence-electron chi connectivity index (χ2n) is 5.81. The summed E-state index contributed by atoms with van der Waals surface area (Å²) in [6.45, 7) is 4.00. The Balaban J connectivity index is 0.000000844. The Morgan fingerprint density at radius 1 is 0.556 bits per heavy atom. The lowest BCUT2D eigenvalue weighted by Crippen LogP contribution is -2.11. The summed E-state index contributed by atoms with van der Waals surface area (Å²) < 4.78 is 0. The van der Waals surface area contributed by atoms with E-state index in [9.17, 15) is 0 Å². The van der Waals surface area contributed by atoms with Crippen molar-refractivity contribution >= 4 is 43.6 Å². The minimum Gasteiger partial charge on any atom is -0.398 e. The van der Waals surface area contributed by atoms with Gasteiger partial charge in [-0.15, -0.1) is 0 Å². The second kappa shape index (κ2) is 9.89. The van der Waals surface area contributed by atoms with Crippen LogP contribution in [-0.2, 0) is 0 Å². The van der Waals surface area contributed by atoms with E-state index in [4.69, 9.17) is 7.98 Å². The average Bonchev–Trinajstić information content (AvgIpc) is 2.75. The third kappa shape index (κ3) is 4.75. The van der Waals surface area contributed by atoms with Crippen molar-refractivity contribution in [2.24, 2.45) is 0 Å². The summed E-state index contributed by atoms with van der Waals surface area (Å²) in [4.78, 5) is 1.70. The number of anilines is 2. The maximum absolute atomic E-state index is 6.21. The van der Waals surface area contributed by atoms with Crippen LogP contribution in [0.1, 0.15) is 13.8 Å². The van der Waals surface area contributed by atoms with E-state index in [1.165, 1.54) is 21.9 Å². The van der Waals surface area contributed by atoms with E-state index in [1.54, 1.807) is 4.81 Å². The van der Waals surface area contributed by atoms with Gasteiger partial charge in [0.15, 0.2) is 0 Å². The van der Waals surface area contributed by atoms with Crippen LogP contribution in [-0.4, -0.2) is 7.98 Å². The fourth-order valence-electron chi connectivity index (χ4n) is 2.92. The molecule has 134 valence electrons. The Morgan fingerprint density at radius 2 is 1.07 bits per heavy atom. The predicted molar refractivity (Wildman–Crippen MR) is 125 cm³/mol. The Bertz CT molecular complexity index is 968. The molecule has 0 aliphatic heterocycles. The van der Waals surface area contributed by atoms with E-state index in [0.717, 1.165) is 11.4 Å². The molecule has 0 heterocycles. The molecule has 0 aliphatic rings. The Kier molecular flexibility index (Phi) is 7.57. The summed E-state index contributed by atoms with van der Waals surface area (Å²) in [5.41, 5.74) is 4.33. The average molecular weight is 369 g/mol. The van der Waals surface area contributed by atoms with Gasteiger partial charge in [0.05, 0.1) is 0 Å². The smallest absolute Gasteiger partial charge is 0.234 e. The summed E-state index contributed by atoms with van der Waals surface area (Å²) >= 11 is 0. The molecule has 27 heavy (non-hydrogen) atoms. The first-order valence-electron chi connectivity index (χ1n) is 9.00. The monoisotopic (exact) mass is 369 g/mol. The van der Waals surface area contributed by atoms with E-state index in [0.29, 0.717) is 0 Å². The highest BCUT2D eigenvalue weighted by Gasteiger charge is 2.04. The molecule has 4 rings (SSSR count). The molecule has 0 N–H and O–H groups in total. The van der Waals surface area contributed by atoms with Crippen molar-refractivity contribution in [3.05, 3.63) is 97.1 Å². The number of benzene rings is 4. The Hall–Kier alpha value is -2.65. The molecule has 4 aromatic rings. The Labute approximate surface area is 170 Å². The van der Waals surface area contributed by atoms with Gasteiger partial charge in [0, 0.05) is 11.4 Å². The van der Waals surface area contributed by atoms with Crippen molar-refractivity contribution in [1.82, 2.24) is 0 Å². The zero-order valence-electron chi connectivity index (χ0n) is 15.8. The lowest BCUT2D eigenvalue weighted by molar-refractivity contribution is 1.41. The van der Waals surface area contributed by atoms with Crippen LogP contribution in [0.3, 0.4) is 0 Å². The topological polar surface area (TPSA) is 3.24 Å². The molecule has 1 nitrogen and oxygen atoms in total. The van der Waals surface area contributed by atoms with E-state index in [1.807, 2.05) is 44.2 Å². The van der Waals surface area contributed by atoms with Crippen LogP contribution in [0.2, 0.25) is 0 Å². The predicted octanol–water partition coefficient (Wildman–Crippen LogP) is 6.87. The molecule has 4 aromatic carbocycles. The van der Waals surface area contributed by atoms with Gasteiger partial charge in [-0.1, -0.05) is 80.6 Å². The first-order chi connectivity index (χ1) is 12.8. The first-order valence-corrected chi connectivity index (χ1v) is 9.00. The van der Waals surface area contributed by atoms with Gasteiger partial charge < -0.3 is 4.81 Å². The number of hydrogen-bond donors (Lipinski definition) is 0. The highest BCUT2D eigenvalue weighted by molar-refractivity contribution is 7.59. The van der Waals surface area contributed by atoms with E-state index < -0.39 is 0 Å². The number of rotatable bonds is 3. The van der Waals surface area contributed by atoms with Crippen molar-refractivity contribution in [3.8, 4) is 11.1 Å². The number of hydrogen-bond acceptors (Lipinski definition) is 1. The fraction of sp³-hybridized carbons (Fsp3) is 0.0833. The molecule has 0 fully saturated rings. The van der Waals surface area contributed by atoms with Crippen LogP contribution < -0.4 is 4.81 Å². The third-order valence-electron chi connectivity index (χ3n) is 4.26. The number of fused-ring (bicyclic) bond motifs is 1. The maximum atomic E-state index is 6.21. The van der Waals surface area contributed by atoms with Gasteiger partial charge in [0.1, 0.15) is 0 Å². The minimum absolute atomic E-state index is 0. The highest BCUT2D eigenvalue weighted by atomic mass is 32.1. The van der Waals surface area contributed by atoms with Crippen LogP contribution in [0.5, 0.6) is 0 Å². The number of nitrogens with zero attached hydrogens (tertiary/aromatic N) is 1. The summed E-state index contributed by atoms with van der Waals surface area (Å²) in [6, 6.07) is 33.2. The normalized spacial score (nSPS) is 9.70. The Morgan fingerprint density at radius 3 is 1.74 bits per heavy atom. The van der Waals surface area contributed by atoms with Gasteiger partial charge >= 0.3 is 0 Å². The molecule has 0 saturated carbocycles. The molecule has 0 amide bonds.